The quantitative estimate of drug-likeness (QED) is 0.839. The van der Waals surface area contributed by atoms with Crippen molar-refractivity contribution in [1.29, 1.82) is 0 Å². The molecule has 0 saturated heterocycles. The maximum absolute atomic E-state index is 13.7. The molecular formula is C17H21FN2S. The molecule has 1 atom stereocenters. The highest BCUT2D eigenvalue weighted by atomic mass is 32.1. The Morgan fingerprint density at radius 3 is 2.71 bits per heavy atom. The largest absolute Gasteiger partial charge is 0.324 e. The Morgan fingerprint density at radius 2 is 2.05 bits per heavy atom. The lowest BCUT2D eigenvalue weighted by Gasteiger charge is -2.23. The minimum atomic E-state index is -0.226. The lowest BCUT2D eigenvalue weighted by Crippen LogP contribution is -2.29. The number of hydrogen-bond acceptors (Lipinski definition) is 3. The van der Waals surface area contributed by atoms with Gasteiger partial charge < -0.3 is 5.73 Å². The maximum atomic E-state index is 13.7. The van der Waals surface area contributed by atoms with Gasteiger partial charge in [0.25, 0.3) is 0 Å². The van der Waals surface area contributed by atoms with Crippen molar-refractivity contribution in [2.75, 3.05) is 6.54 Å². The average Bonchev–Trinajstić information content (AvgIpc) is 3.21. The molecule has 1 aliphatic carbocycles. The molecule has 4 heteroatoms. The van der Waals surface area contributed by atoms with E-state index in [1.54, 1.807) is 23.5 Å². The zero-order valence-corrected chi connectivity index (χ0v) is 12.9. The number of benzene rings is 1. The molecule has 0 bridgehead atoms. The summed E-state index contributed by atoms with van der Waals surface area (Å²) >= 11 is 1.80. The Balaban J connectivity index is 1.58. The number of rotatable bonds is 7. The van der Waals surface area contributed by atoms with Crippen molar-refractivity contribution in [3.8, 4) is 0 Å². The van der Waals surface area contributed by atoms with Gasteiger partial charge in [-0.05, 0) is 36.8 Å². The smallest absolute Gasteiger partial charge is 0.127 e. The van der Waals surface area contributed by atoms with Crippen LogP contribution in [0.15, 0.2) is 41.8 Å². The fraction of sp³-hybridized carbons (Fsp3) is 0.412. The van der Waals surface area contributed by atoms with Crippen LogP contribution < -0.4 is 5.73 Å². The first kappa shape index (κ1) is 14.7. The van der Waals surface area contributed by atoms with Crippen LogP contribution in [-0.2, 0) is 6.54 Å². The monoisotopic (exact) mass is 304 g/mol. The van der Waals surface area contributed by atoms with Crippen molar-refractivity contribution >= 4 is 11.3 Å². The van der Waals surface area contributed by atoms with Gasteiger partial charge in [0.15, 0.2) is 0 Å². The van der Waals surface area contributed by atoms with Gasteiger partial charge >= 0.3 is 0 Å². The third-order valence-corrected chi connectivity index (χ3v) is 4.90. The summed E-state index contributed by atoms with van der Waals surface area (Å²) in [6.07, 6.45) is 3.35. The van der Waals surface area contributed by atoms with E-state index in [0.717, 1.165) is 19.5 Å². The summed E-state index contributed by atoms with van der Waals surface area (Å²) < 4.78 is 13.7. The molecule has 21 heavy (non-hydrogen) atoms. The standard InChI is InChI=1S/C17H21FN2S/c18-16-6-2-1-5-15(16)17(19)9-10-20(13-7-8-13)12-14-4-3-11-21-14/h1-6,11,13,17H,7-10,12,19H2. The lowest BCUT2D eigenvalue weighted by molar-refractivity contribution is 0.246. The van der Waals surface area contributed by atoms with Crippen molar-refractivity contribution in [3.63, 3.8) is 0 Å². The van der Waals surface area contributed by atoms with Crippen molar-refractivity contribution in [2.45, 2.75) is 37.9 Å². The van der Waals surface area contributed by atoms with E-state index in [4.69, 9.17) is 5.73 Å². The maximum Gasteiger partial charge on any atom is 0.127 e. The second-order valence-electron chi connectivity index (χ2n) is 5.70. The molecule has 1 fully saturated rings. The van der Waals surface area contributed by atoms with Gasteiger partial charge in [-0.3, -0.25) is 4.90 Å². The average molecular weight is 304 g/mol. The Bertz CT molecular complexity index is 566. The number of halogens is 1. The van der Waals surface area contributed by atoms with Crippen LogP contribution in [0.2, 0.25) is 0 Å². The van der Waals surface area contributed by atoms with Gasteiger partial charge in [-0.2, -0.15) is 0 Å². The van der Waals surface area contributed by atoms with E-state index in [1.165, 1.54) is 23.8 Å². The Labute approximate surface area is 129 Å². The zero-order valence-electron chi connectivity index (χ0n) is 12.0. The number of nitrogens with zero attached hydrogens (tertiary/aromatic N) is 1. The molecule has 1 saturated carbocycles. The topological polar surface area (TPSA) is 29.3 Å². The highest BCUT2D eigenvalue weighted by molar-refractivity contribution is 7.09. The highest BCUT2D eigenvalue weighted by Crippen LogP contribution is 2.30. The fourth-order valence-corrected chi connectivity index (χ4v) is 3.40. The van der Waals surface area contributed by atoms with E-state index in [9.17, 15) is 4.39 Å². The van der Waals surface area contributed by atoms with Crippen LogP contribution in [-0.4, -0.2) is 17.5 Å². The summed E-state index contributed by atoms with van der Waals surface area (Å²) in [5.41, 5.74) is 6.80. The first-order valence-electron chi connectivity index (χ1n) is 7.50. The normalized spacial score (nSPS) is 16.3. The second-order valence-corrected chi connectivity index (χ2v) is 6.73. The van der Waals surface area contributed by atoms with Crippen LogP contribution in [0.3, 0.4) is 0 Å². The SMILES string of the molecule is NC(CCN(Cc1cccs1)C1CC1)c1ccccc1F. The predicted octanol–water partition coefficient (Wildman–Crippen LogP) is 3.94. The van der Waals surface area contributed by atoms with Crippen LogP contribution >= 0.6 is 11.3 Å². The molecule has 0 radical (unpaired) electrons. The molecule has 112 valence electrons. The van der Waals surface area contributed by atoms with Crippen LogP contribution in [0.5, 0.6) is 0 Å². The molecule has 1 unspecified atom stereocenters. The molecule has 0 aliphatic heterocycles. The Morgan fingerprint density at radius 1 is 1.24 bits per heavy atom. The van der Waals surface area contributed by atoms with Gasteiger partial charge in [0.2, 0.25) is 0 Å². The second kappa shape index (κ2) is 6.69. The van der Waals surface area contributed by atoms with E-state index in [0.29, 0.717) is 11.6 Å². The third-order valence-electron chi connectivity index (χ3n) is 4.03. The molecule has 1 aromatic carbocycles. The summed E-state index contributed by atoms with van der Waals surface area (Å²) in [6, 6.07) is 11.6. The number of thiophene rings is 1. The van der Waals surface area contributed by atoms with E-state index in [2.05, 4.69) is 22.4 Å². The first-order chi connectivity index (χ1) is 10.2. The first-order valence-corrected chi connectivity index (χ1v) is 8.38. The van der Waals surface area contributed by atoms with Gasteiger partial charge in [0.1, 0.15) is 5.82 Å². The minimum Gasteiger partial charge on any atom is -0.324 e. The lowest BCUT2D eigenvalue weighted by atomic mass is 10.0. The predicted molar refractivity (Wildman–Crippen MR) is 85.7 cm³/mol. The van der Waals surface area contributed by atoms with E-state index in [-0.39, 0.29) is 11.9 Å². The molecule has 0 amide bonds. The molecular weight excluding hydrogens is 283 g/mol. The van der Waals surface area contributed by atoms with Gasteiger partial charge in [-0.15, -0.1) is 11.3 Å². The zero-order chi connectivity index (χ0) is 14.7. The number of hydrogen-bond donors (Lipinski definition) is 1. The van der Waals surface area contributed by atoms with Gasteiger partial charge in [0, 0.05) is 35.6 Å². The van der Waals surface area contributed by atoms with Crippen LogP contribution in [0.25, 0.3) is 0 Å². The van der Waals surface area contributed by atoms with Crippen molar-refractivity contribution in [3.05, 3.63) is 58.0 Å². The van der Waals surface area contributed by atoms with Crippen LogP contribution in [0.1, 0.15) is 35.7 Å². The minimum absolute atomic E-state index is 0.193. The molecule has 3 rings (SSSR count). The molecule has 2 N–H and O–H groups in total. The van der Waals surface area contributed by atoms with E-state index >= 15 is 0 Å². The summed E-state index contributed by atoms with van der Waals surface area (Å²) in [5.74, 6) is -0.193. The van der Waals surface area contributed by atoms with Crippen molar-refractivity contribution in [1.82, 2.24) is 4.90 Å². The summed E-state index contributed by atoms with van der Waals surface area (Å²) in [4.78, 5) is 3.88. The molecule has 2 nitrogen and oxygen atoms in total. The molecule has 1 heterocycles. The number of nitrogens with two attached hydrogens (primary N) is 1. The summed E-state index contributed by atoms with van der Waals surface area (Å²) in [7, 11) is 0. The van der Waals surface area contributed by atoms with Gasteiger partial charge in [-0.25, -0.2) is 4.39 Å². The highest BCUT2D eigenvalue weighted by Gasteiger charge is 2.29. The van der Waals surface area contributed by atoms with Crippen LogP contribution in [0, 0.1) is 5.82 Å². The molecule has 2 aromatic rings. The Hall–Kier alpha value is -1.23. The van der Waals surface area contributed by atoms with Gasteiger partial charge in [0.05, 0.1) is 0 Å². The van der Waals surface area contributed by atoms with E-state index < -0.39 is 0 Å². The summed E-state index contributed by atoms with van der Waals surface area (Å²) in [5, 5.41) is 2.12. The van der Waals surface area contributed by atoms with Crippen molar-refractivity contribution < 1.29 is 4.39 Å². The third kappa shape index (κ3) is 3.90. The van der Waals surface area contributed by atoms with Crippen LogP contribution in [0.4, 0.5) is 4.39 Å². The van der Waals surface area contributed by atoms with E-state index in [1.807, 2.05) is 6.07 Å². The molecule has 1 aliphatic rings. The fourth-order valence-electron chi connectivity index (χ4n) is 2.67. The molecule has 1 aromatic heterocycles. The Kier molecular flexibility index (Phi) is 4.68. The van der Waals surface area contributed by atoms with Gasteiger partial charge in [-0.1, -0.05) is 24.3 Å². The molecule has 0 spiro atoms. The summed E-state index contributed by atoms with van der Waals surface area (Å²) in [6.45, 7) is 1.92. The van der Waals surface area contributed by atoms with Crippen molar-refractivity contribution in [2.24, 2.45) is 5.73 Å².